The van der Waals surface area contributed by atoms with Crippen molar-refractivity contribution in [3.63, 3.8) is 0 Å². The fourth-order valence-corrected chi connectivity index (χ4v) is 1.19. The summed E-state index contributed by atoms with van der Waals surface area (Å²) in [5, 5.41) is 21.3. The largest absolute Gasteiger partial charge is 0.394 e. The monoisotopic (exact) mass is 205 g/mol. The molecule has 0 fully saturated rings. The number of likely N-dealkylation sites (N-methyl/N-ethyl adjacent to an activating group) is 1. The van der Waals surface area contributed by atoms with Gasteiger partial charge in [0.2, 0.25) is 0 Å². The van der Waals surface area contributed by atoms with E-state index in [1.165, 1.54) is 0 Å². The highest BCUT2D eigenvalue weighted by molar-refractivity contribution is 4.69. The normalized spacial score (nSPS) is 18.2. The minimum Gasteiger partial charge on any atom is -0.394 e. The molecule has 0 saturated heterocycles. The zero-order valence-electron chi connectivity index (χ0n) is 9.53. The van der Waals surface area contributed by atoms with E-state index in [4.69, 9.17) is 9.84 Å². The van der Waals surface area contributed by atoms with E-state index in [9.17, 15) is 5.11 Å². The molecule has 0 rings (SSSR count). The van der Waals surface area contributed by atoms with Crippen molar-refractivity contribution >= 4 is 0 Å². The Morgan fingerprint density at radius 3 is 2.21 bits per heavy atom. The Balaban J connectivity index is 4.01. The van der Waals surface area contributed by atoms with Gasteiger partial charge in [0, 0.05) is 6.54 Å². The van der Waals surface area contributed by atoms with Gasteiger partial charge in [0.05, 0.1) is 12.7 Å². The fraction of sp³-hybridized carbons (Fsp3) is 1.00. The SMILES string of the molecule is CNCC(O)OC(CO)C(C)C(C)C. The molecule has 3 atom stereocenters. The van der Waals surface area contributed by atoms with Gasteiger partial charge in [-0.25, -0.2) is 0 Å². The number of rotatable bonds is 7. The van der Waals surface area contributed by atoms with Crippen molar-refractivity contribution in [2.45, 2.75) is 33.2 Å². The summed E-state index contributed by atoms with van der Waals surface area (Å²) >= 11 is 0. The second kappa shape index (κ2) is 7.17. The Labute approximate surface area is 86.3 Å². The Morgan fingerprint density at radius 1 is 1.29 bits per heavy atom. The first-order valence-electron chi connectivity index (χ1n) is 5.11. The highest BCUT2D eigenvalue weighted by Crippen LogP contribution is 2.17. The van der Waals surface area contributed by atoms with Crippen LogP contribution in [0.1, 0.15) is 20.8 Å². The first kappa shape index (κ1) is 13.8. The second-order valence-corrected chi connectivity index (χ2v) is 3.97. The lowest BCUT2D eigenvalue weighted by atomic mass is 9.92. The molecule has 0 aromatic rings. The lowest BCUT2D eigenvalue weighted by Gasteiger charge is -2.27. The summed E-state index contributed by atoms with van der Waals surface area (Å²) in [6, 6.07) is 0. The molecule has 0 aliphatic carbocycles. The Kier molecular flexibility index (Phi) is 7.09. The molecule has 3 N–H and O–H groups in total. The molecular formula is C10H23NO3. The third-order valence-electron chi connectivity index (χ3n) is 2.53. The second-order valence-electron chi connectivity index (χ2n) is 3.97. The van der Waals surface area contributed by atoms with Crippen molar-refractivity contribution in [1.29, 1.82) is 0 Å². The highest BCUT2D eigenvalue weighted by atomic mass is 16.6. The zero-order chi connectivity index (χ0) is 11.1. The van der Waals surface area contributed by atoms with Crippen LogP contribution in [0, 0.1) is 11.8 Å². The van der Waals surface area contributed by atoms with Crippen LogP contribution in [0.4, 0.5) is 0 Å². The summed E-state index contributed by atoms with van der Waals surface area (Å²) in [6.07, 6.45) is -1.14. The van der Waals surface area contributed by atoms with E-state index in [2.05, 4.69) is 19.2 Å². The van der Waals surface area contributed by atoms with Crippen LogP contribution in [-0.2, 0) is 4.74 Å². The standard InChI is InChI=1S/C10H23NO3/c1-7(2)8(3)9(6-12)14-10(13)5-11-4/h7-13H,5-6H2,1-4H3. The van der Waals surface area contributed by atoms with Gasteiger partial charge >= 0.3 is 0 Å². The van der Waals surface area contributed by atoms with Crippen LogP contribution < -0.4 is 5.32 Å². The molecule has 0 aliphatic heterocycles. The number of hydrogen-bond donors (Lipinski definition) is 3. The van der Waals surface area contributed by atoms with Gasteiger partial charge in [-0.2, -0.15) is 0 Å². The predicted octanol–water partition coefficient (Wildman–Crippen LogP) is 0.194. The summed E-state index contributed by atoms with van der Waals surface area (Å²) in [4.78, 5) is 0. The molecule has 0 radical (unpaired) electrons. The van der Waals surface area contributed by atoms with Crippen molar-refractivity contribution in [2.24, 2.45) is 11.8 Å². The van der Waals surface area contributed by atoms with Crippen LogP contribution >= 0.6 is 0 Å². The van der Waals surface area contributed by atoms with Crippen LogP contribution in [0.2, 0.25) is 0 Å². The Bertz CT molecular complexity index is 141. The molecule has 0 amide bonds. The van der Waals surface area contributed by atoms with E-state index in [0.717, 1.165) is 0 Å². The van der Waals surface area contributed by atoms with E-state index >= 15 is 0 Å². The number of aliphatic hydroxyl groups is 2. The molecule has 14 heavy (non-hydrogen) atoms. The van der Waals surface area contributed by atoms with Crippen molar-refractivity contribution < 1.29 is 14.9 Å². The molecule has 3 unspecified atom stereocenters. The maximum absolute atomic E-state index is 9.39. The van der Waals surface area contributed by atoms with Crippen LogP contribution in [0.15, 0.2) is 0 Å². The molecule has 86 valence electrons. The van der Waals surface area contributed by atoms with Gasteiger partial charge in [0.25, 0.3) is 0 Å². The molecule has 0 spiro atoms. The fourth-order valence-electron chi connectivity index (χ4n) is 1.19. The number of nitrogens with one attached hydrogen (secondary N) is 1. The van der Waals surface area contributed by atoms with Crippen LogP contribution in [0.25, 0.3) is 0 Å². The number of aliphatic hydroxyl groups excluding tert-OH is 2. The quantitative estimate of drug-likeness (QED) is 0.519. The smallest absolute Gasteiger partial charge is 0.167 e. The van der Waals surface area contributed by atoms with E-state index < -0.39 is 6.29 Å². The van der Waals surface area contributed by atoms with E-state index in [0.29, 0.717) is 12.5 Å². The third kappa shape index (κ3) is 4.91. The van der Waals surface area contributed by atoms with Crippen molar-refractivity contribution in [3.05, 3.63) is 0 Å². The maximum Gasteiger partial charge on any atom is 0.167 e. The third-order valence-corrected chi connectivity index (χ3v) is 2.53. The summed E-state index contributed by atoms with van der Waals surface area (Å²) in [7, 11) is 1.74. The van der Waals surface area contributed by atoms with Crippen molar-refractivity contribution in [2.75, 3.05) is 20.2 Å². The van der Waals surface area contributed by atoms with E-state index in [1.807, 2.05) is 6.92 Å². The molecule has 0 bridgehead atoms. The van der Waals surface area contributed by atoms with Crippen molar-refractivity contribution in [3.8, 4) is 0 Å². The molecule has 4 nitrogen and oxygen atoms in total. The first-order chi connectivity index (χ1) is 6.52. The minimum absolute atomic E-state index is 0.0554. The molecule has 0 saturated carbocycles. The van der Waals surface area contributed by atoms with E-state index in [1.54, 1.807) is 7.05 Å². The molecule has 4 heteroatoms. The van der Waals surface area contributed by atoms with Gasteiger partial charge in [-0.15, -0.1) is 0 Å². The minimum atomic E-state index is -0.849. The molecule has 0 heterocycles. The number of hydrogen-bond acceptors (Lipinski definition) is 4. The predicted molar refractivity (Wildman–Crippen MR) is 55.9 cm³/mol. The molecule has 0 aromatic carbocycles. The van der Waals surface area contributed by atoms with Gasteiger partial charge in [0.15, 0.2) is 6.29 Å². The number of ether oxygens (including phenoxy) is 1. The van der Waals surface area contributed by atoms with Gasteiger partial charge < -0.3 is 20.3 Å². The van der Waals surface area contributed by atoms with Crippen LogP contribution in [0.3, 0.4) is 0 Å². The summed E-state index contributed by atoms with van der Waals surface area (Å²) in [5.41, 5.74) is 0. The Morgan fingerprint density at radius 2 is 1.86 bits per heavy atom. The van der Waals surface area contributed by atoms with Crippen molar-refractivity contribution in [1.82, 2.24) is 5.32 Å². The van der Waals surface area contributed by atoms with Crippen LogP contribution in [0.5, 0.6) is 0 Å². The van der Waals surface area contributed by atoms with Gasteiger partial charge in [0.1, 0.15) is 0 Å². The molecule has 0 aromatic heterocycles. The lowest BCUT2D eigenvalue weighted by Crippen LogP contribution is -2.37. The summed E-state index contributed by atoms with van der Waals surface area (Å²) in [5.74, 6) is 0.653. The summed E-state index contributed by atoms with van der Waals surface area (Å²) < 4.78 is 5.31. The van der Waals surface area contributed by atoms with E-state index in [-0.39, 0.29) is 18.6 Å². The first-order valence-corrected chi connectivity index (χ1v) is 5.11. The lowest BCUT2D eigenvalue weighted by molar-refractivity contribution is -0.161. The Hall–Kier alpha value is -0.160. The van der Waals surface area contributed by atoms with Crippen LogP contribution in [-0.4, -0.2) is 42.8 Å². The maximum atomic E-state index is 9.39. The van der Waals surface area contributed by atoms with Gasteiger partial charge in [-0.05, 0) is 18.9 Å². The summed E-state index contributed by atoms with van der Waals surface area (Å²) in [6.45, 7) is 6.47. The average molecular weight is 205 g/mol. The highest BCUT2D eigenvalue weighted by Gasteiger charge is 2.22. The topological polar surface area (TPSA) is 61.7 Å². The van der Waals surface area contributed by atoms with Gasteiger partial charge in [-0.3, -0.25) is 0 Å². The average Bonchev–Trinajstić information content (AvgIpc) is 2.13. The van der Waals surface area contributed by atoms with Gasteiger partial charge in [-0.1, -0.05) is 20.8 Å². The molecular weight excluding hydrogens is 182 g/mol. The zero-order valence-corrected chi connectivity index (χ0v) is 9.53. The molecule has 0 aliphatic rings.